The fourth-order valence-corrected chi connectivity index (χ4v) is 15.0. The van der Waals surface area contributed by atoms with Crippen molar-refractivity contribution < 1.29 is 17.9 Å². The van der Waals surface area contributed by atoms with Gasteiger partial charge in [0.1, 0.15) is 0 Å². The summed E-state index contributed by atoms with van der Waals surface area (Å²) in [7, 11) is -0.859. The van der Waals surface area contributed by atoms with Crippen LogP contribution >= 0.6 is 7.26 Å². The van der Waals surface area contributed by atoms with Crippen molar-refractivity contribution in [2.24, 2.45) is 0 Å². The molecule has 0 heterocycles. The predicted octanol–water partition coefficient (Wildman–Crippen LogP) is 6.31. The summed E-state index contributed by atoms with van der Waals surface area (Å²) in [5, 5.41) is 0. The molecule has 0 bridgehead atoms. The summed E-state index contributed by atoms with van der Waals surface area (Å²) in [6.45, 7) is 0. The van der Waals surface area contributed by atoms with Crippen molar-refractivity contribution in [3.8, 4) is 0 Å². The summed E-state index contributed by atoms with van der Waals surface area (Å²) in [6, 6.07) is 0. The van der Waals surface area contributed by atoms with Crippen molar-refractivity contribution in [1.82, 2.24) is 0 Å². The topological polar surface area (TPSA) is 0 Å². The van der Waals surface area contributed by atoms with Crippen LogP contribution in [0.15, 0.2) is 0 Å². The second-order valence-electron chi connectivity index (χ2n) is 7.86. The van der Waals surface area contributed by atoms with Crippen LogP contribution in [-0.4, -0.2) is 21.3 Å². The molecule has 3 saturated carbocycles. The zero-order valence-corrected chi connectivity index (χ0v) is 16.3. The van der Waals surface area contributed by atoms with E-state index < -0.39 is 7.26 Å². The predicted molar refractivity (Wildman–Crippen MR) is 93.6 cm³/mol. The van der Waals surface area contributed by atoms with Crippen LogP contribution < -0.4 is 0 Å². The van der Waals surface area contributed by atoms with Gasteiger partial charge in [0.25, 0.3) is 0 Å². The molecule has 3 aliphatic carbocycles. The molecular formula is C19H34PRu+2. The zero-order chi connectivity index (χ0) is 14.5. The van der Waals surface area contributed by atoms with E-state index in [1.54, 1.807) is 38.5 Å². The van der Waals surface area contributed by atoms with Crippen molar-refractivity contribution in [3.63, 3.8) is 0 Å². The number of hydrogen-bond donors (Lipinski definition) is 0. The van der Waals surface area contributed by atoms with Crippen LogP contribution in [-0.2, 0) is 17.9 Å². The van der Waals surface area contributed by atoms with Gasteiger partial charge in [-0.05, 0) is 0 Å². The van der Waals surface area contributed by atoms with Gasteiger partial charge in [-0.15, -0.1) is 0 Å². The molecule has 0 aromatic carbocycles. The average molecular weight is 395 g/mol. The van der Waals surface area contributed by atoms with E-state index in [4.69, 9.17) is 0 Å². The zero-order valence-electron chi connectivity index (χ0n) is 13.7. The Bertz CT molecular complexity index is 277. The van der Waals surface area contributed by atoms with E-state index in [2.05, 4.69) is 22.2 Å². The summed E-state index contributed by atoms with van der Waals surface area (Å²) in [6.07, 6.45) is 23.2. The van der Waals surface area contributed by atoms with Crippen LogP contribution in [0.3, 0.4) is 0 Å². The molecular weight excluding hydrogens is 360 g/mol. The third kappa shape index (κ3) is 3.55. The maximum absolute atomic E-state index is 3.06. The molecule has 121 valence electrons. The van der Waals surface area contributed by atoms with Gasteiger partial charge in [0.2, 0.25) is 0 Å². The maximum atomic E-state index is 3.06. The van der Waals surface area contributed by atoms with E-state index >= 15 is 0 Å². The molecule has 0 saturated heterocycles. The van der Waals surface area contributed by atoms with Crippen molar-refractivity contribution in [2.75, 3.05) is 0 Å². The number of rotatable bonds is 4. The van der Waals surface area contributed by atoms with Crippen molar-refractivity contribution >= 4 is 11.6 Å². The van der Waals surface area contributed by atoms with Gasteiger partial charge < -0.3 is 0 Å². The Hall–Kier alpha value is 0.923. The van der Waals surface area contributed by atoms with Crippen LogP contribution in [0.2, 0.25) is 0 Å². The van der Waals surface area contributed by atoms with Gasteiger partial charge in [-0.2, -0.15) is 0 Å². The molecule has 3 fully saturated rings. The normalized spacial score (nSPS) is 27.6. The monoisotopic (exact) mass is 395 g/mol. The first-order chi connectivity index (χ1) is 10.4. The average Bonchev–Trinajstić information content (AvgIpc) is 2.59. The Morgan fingerprint density at radius 2 is 0.810 bits per heavy atom. The molecule has 0 aromatic heterocycles. The second kappa shape index (κ2) is 8.15. The Morgan fingerprint density at radius 3 is 1.05 bits per heavy atom. The van der Waals surface area contributed by atoms with Crippen molar-refractivity contribution in [1.29, 1.82) is 0 Å². The molecule has 0 amide bonds. The van der Waals surface area contributed by atoms with Crippen LogP contribution in [0, 0.1) is 0 Å². The first-order valence-electron chi connectivity index (χ1n) is 9.69. The Labute approximate surface area is 142 Å². The first-order valence-corrected chi connectivity index (χ1v) is 12.8. The molecule has 0 aliphatic heterocycles. The molecule has 2 heteroatoms. The molecule has 0 aromatic rings. The van der Waals surface area contributed by atoms with E-state index in [0.29, 0.717) is 0 Å². The van der Waals surface area contributed by atoms with Gasteiger partial charge in [-0.25, -0.2) is 0 Å². The molecule has 3 rings (SSSR count). The van der Waals surface area contributed by atoms with Crippen LogP contribution in [0.1, 0.15) is 96.3 Å². The first kappa shape index (κ1) is 16.8. The van der Waals surface area contributed by atoms with E-state index in [-0.39, 0.29) is 0 Å². The summed E-state index contributed by atoms with van der Waals surface area (Å²) < 4.78 is 2.80. The summed E-state index contributed by atoms with van der Waals surface area (Å²) in [5.74, 6) is 0. The fourth-order valence-electron chi connectivity index (χ4n) is 5.70. The molecule has 0 radical (unpaired) electrons. The molecule has 0 atom stereocenters. The SMILES string of the molecule is [Ru+]=[CH][P+](C1CCCCC1)(C1CCCCC1)C1CCCCC1. The quantitative estimate of drug-likeness (QED) is 0.387. The van der Waals surface area contributed by atoms with Crippen molar-refractivity contribution in [2.45, 2.75) is 113 Å². The Kier molecular flexibility index (Phi) is 6.51. The standard InChI is InChI=1S/C19H34P.Ru/c1-20(17-11-5-2-6-12-17,18-13-7-3-8-14-18)19-15-9-4-10-16-19;/h1,17-19H,2-16H2;/q2*+1. The van der Waals surface area contributed by atoms with E-state index in [1.165, 1.54) is 57.8 Å². The molecule has 0 nitrogen and oxygen atoms in total. The van der Waals surface area contributed by atoms with Gasteiger partial charge in [0, 0.05) is 0 Å². The fraction of sp³-hybridized carbons (Fsp3) is 0.947. The third-order valence-corrected chi connectivity index (χ3v) is 14.8. The second-order valence-corrected chi connectivity index (χ2v) is 13.4. The minimum atomic E-state index is -0.859. The van der Waals surface area contributed by atoms with E-state index in [9.17, 15) is 0 Å². The summed E-state index contributed by atoms with van der Waals surface area (Å²) >= 11 is 3.06. The van der Waals surface area contributed by atoms with Gasteiger partial charge >= 0.3 is 143 Å². The van der Waals surface area contributed by atoms with E-state index in [0.717, 1.165) is 17.0 Å². The minimum absolute atomic E-state index is 0.859. The van der Waals surface area contributed by atoms with Gasteiger partial charge in [0.05, 0.1) is 0 Å². The molecule has 21 heavy (non-hydrogen) atoms. The van der Waals surface area contributed by atoms with Gasteiger partial charge in [-0.3, -0.25) is 0 Å². The van der Waals surface area contributed by atoms with Gasteiger partial charge in [0.15, 0.2) is 0 Å². The Morgan fingerprint density at radius 1 is 0.524 bits per heavy atom. The number of hydrogen-bond acceptors (Lipinski definition) is 0. The summed E-state index contributed by atoms with van der Waals surface area (Å²) in [4.78, 5) is 0. The van der Waals surface area contributed by atoms with Crippen LogP contribution in [0.25, 0.3) is 0 Å². The van der Waals surface area contributed by atoms with Crippen LogP contribution in [0.4, 0.5) is 0 Å². The molecule has 3 aliphatic rings. The van der Waals surface area contributed by atoms with Gasteiger partial charge in [-0.1, -0.05) is 0 Å². The third-order valence-electron chi connectivity index (χ3n) is 6.78. The molecule has 0 unspecified atom stereocenters. The Balaban J connectivity index is 1.87. The summed E-state index contributed by atoms with van der Waals surface area (Å²) in [5.41, 5.74) is 3.37. The van der Waals surface area contributed by atoms with Crippen molar-refractivity contribution in [3.05, 3.63) is 0 Å². The molecule has 0 spiro atoms. The molecule has 0 N–H and O–H groups in total. The van der Waals surface area contributed by atoms with Crippen LogP contribution in [0.5, 0.6) is 0 Å². The van der Waals surface area contributed by atoms with E-state index in [1.807, 2.05) is 0 Å².